The molecule has 14 heavy (non-hydrogen) atoms. The number of ketones is 1. The van der Waals surface area contributed by atoms with Crippen molar-refractivity contribution in [3.8, 4) is 0 Å². The van der Waals surface area contributed by atoms with E-state index in [1.807, 2.05) is 0 Å². The summed E-state index contributed by atoms with van der Waals surface area (Å²) in [6.45, 7) is 0. The molecule has 1 rings (SSSR count). The van der Waals surface area contributed by atoms with Crippen LogP contribution in [-0.4, -0.2) is 17.2 Å². The minimum atomic E-state index is -1.63. The van der Waals surface area contributed by atoms with Gasteiger partial charge in [-0.15, -0.1) is 0 Å². The first kappa shape index (κ1) is 15.8. The Morgan fingerprint density at radius 2 is 1.64 bits per heavy atom. The molecule has 0 aromatic heterocycles. The maximum Gasteiger partial charge on any atom is 1.00 e. The SMILES string of the molecule is O.O=C([O-])C(=O)Cc1ccccc1.[Na+]. The van der Waals surface area contributed by atoms with Crippen molar-refractivity contribution in [2.24, 2.45) is 0 Å². The molecule has 0 unspecified atom stereocenters. The first-order valence-electron chi connectivity index (χ1n) is 3.48. The molecule has 2 N–H and O–H groups in total. The zero-order valence-electron chi connectivity index (χ0n) is 7.82. The number of carbonyl (C=O) groups is 2. The number of benzene rings is 1. The standard InChI is InChI=1S/C9H8O3.Na.H2O/c10-8(9(11)12)6-7-4-2-1-3-5-7;;/h1-5H,6H2,(H,11,12);;1H2/q;+1;/p-1. The van der Waals surface area contributed by atoms with Crippen molar-refractivity contribution in [1.29, 1.82) is 0 Å². The summed E-state index contributed by atoms with van der Waals surface area (Å²) in [4.78, 5) is 20.7. The summed E-state index contributed by atoms with van der Waals surface area (Å²) < 4.78 is 0. The molecule has 0 spiro atoms. The molecule has 0 aliphatic carbocycles. The van der Waals surface area contributed by atoms with Crippen LogP contribution in [0.2, 0.25) is 0 Å². The molecule has 4 nitrogen and oxygen atoms in total. The summed E-state index contributed by atoms with van der Waals surface area (Å²) in [6.07, 6.45) is -0.0941. The molecular formula is C9H9NaO4. The maximum absolute atomic E-state index is 10.7. The summed E-state index contributed by atoms with van der Waals surface area (Å²) in [7, 11) is 0. The minimum Gasteiger partial charge on any atom is -0.542 e. The molecule has 0 bridgehead atoms. The fraction of sp³-hybridized carbons (Fsp3) is 0.111. The molecule has 70 valence electrons. The van der Waals surface area contributed by atoms with Crippen LogP contribution in [0.5, 0.6) is 0 Å². The topological polar surface area (TPSA) is 88.7 Å². The van der Waals surface area contributed by atoms with E-state index in [-0.39, 0.29) is 41.5 Å². The Bertz CT molecular complexity index is 297. The molecule has 0 aliphatic heterocycles. The van der Waals surface area contributed by atoms with Gasteiger partial charge < -0.3 is 15.4 Å². The summed E-state index contributed by atoms with van der Waals surface area (Å²) in [5.74, 6) is -2.51. The smallest absolute Gasteiger partial charge is 0.542 e. The van der Waals surface area contributed by atoms with Gasteiger partial charge in [-0.05, 0) is 5.56 Å². The first-order valence-corrected chi connectivity index (χ1v) is 3.48. The molecule has 0 atom stereocenters. The zero-order chi connectivity index (χ0) is 8.97. The third-order valence-electron chi connectivity index (χ3n) is 1.44. The van der Waals surface area contributed by atoms with Crippen LogP contribution in [0.1, 0.15) is 5.56 Å². The largest absolute Gasteiger partial charge is 1.00 e. The molecule has 1 aromatic rings. The third-order valence-corrected chi connectivity index (χ3v) is 1.44. The van der Waals surface area contributed by atoms with Crippen LogP contribution in [-0.2, 0) is 16.0 Å². The number of hydrogen-bond acceptors (Lipinski definition) is 3. The molecule has 0 fully saturated rings. The number of carboxylic acid groups (broad SMARTS) is 1. The maximum atomic E-state index is 10.7. The van der Waals surface area contributed by atoms with E-state index in [1.54, 1.807) is 30.3 Å². The Morgan fingerprint density at radius 1 is 1.14 bits per heavy atom. The average Bonchev–Trinajstić information content (AvgIpc) is 2.06. The second-order valence-electron chi connectivity index (χ2n) is 2.37. The molecule has 0 amide bonds. The van der Waals surface area contributed by atoms with E-state index in [0.29, 0.717) is 5.56 Å². The van der Waals surface area contributed by atoms with Crippen molar-refractivity contribution in [3.05, 3.63) is 35.9 Å². The van der Waals surface area contributed by atoms with Crippen LogP contribution in [0.3, 0.4) is 0 Å². The van der Waals surface area contributed by atoms with E-state index in [1.165, 1.54) is 0 Å². The van der Waals surface area contributed by atoms with Gasteiger partial charge in [-0.3, -0.25) is 4.79 Å². The normalized spacial score (nSPS) is 8.00. The summed E-state index contributed by atoms with van der Waals surface area (Å²) in [6, 6.07) is 8.68. The van der Waals surface area contributed by atoms with Crippen molar-refractivity contribution in [2.45, 2.75) is 6.42 Å². The molecule has 5 heteroatoms. The Morgan fingerprint density at radius 3 is 2.07 bits per heavy atom. The van der Waals surface area contributed by atoms with E-state index in [2.05, 4.69) is 0 Å². The fourth-order valence-corrected chi connectivity index (χ4v) is 0.853. The van der Waals surface area contributed by atoms with Gasteiger partial charge in [0.05, 0.1) is 0 Å². The second-order valence-corrected chi connectivity index (χ2v) is 2.37. The zero-order valence-corrected chi connectivity index (χ0v) is 9.82. The Balaban J connectivity index is 0. The number of carbonyl (C=O) groups excluding carboxylic acids is 2. The van der Waals surface area contributed by atoms with Gasteiger partial charge in [0, 0.05) is 6.42 Å². The van der Waals surface area contributed by atoms with Gasteiger partial charge in [0.2, 0.25) is 0 Å². The van der Waals surface area contributed by atoms with Gasteiger partial charge in [-0.2, -0.15) is 0 Å². The Kier molecular flexibility index (Phi) is 8.68. The Hall–Kier alpha value is -0.680. The molecule has 0 radical (unpaired) electrons. The van der Waals surface area contributed by atoms with Crippen LogP contribution < -0.4 is 34.7 Å². The predicted octanol–water partition coefficient (Wildman–Crippen LogP) is -4.27. The van der Waals surface area contributed by atoms with Crippen molar-refractivity contribution < 1.29 is 49.7 Å². The molecule has 1 aromatic carbocycles. The van der Waals surface area contributed by atoms with Crippen LogP contribution in [0.25, 0.3) is 0 Å². The predicted molar refractivity (Wildman–Crippen MR) is 43.8 cm³/mol. The van der Waals surface area contributed by atoms with Crippen molar-refractivity contribution in [3.63, 3.8) is 0 Å². The van der Waals surface area contributed by atoms with E-state index in [0.717, 1.165) is 0 Å². The van der Waals surface area contributed by atoms with E-state index in [9.17, 15) is 14.7 Å². The number of rotatable bonds is 3. The minimum absolute atomic E-state index is 0. The Labute approximate surface area is 104 Å². The van der Waals surface area contributed by atoms with Gasteiger partial charge in [0.25, 0.3) is 0 Å². The van der Waals surface area contributed by atoms with Crippen LogP contribution >= 0.6 is 0 Å². The number of Topliss-reactive ketones (excluding diaryl/α,β-unsaturated/α-hetero) is 1. The van der Waals surface area contributed by atoms with Gasteiger partial charge >= 0.3 is 29.6 Å². The number of aliphatic carboxylic acids is 1. The average molecular weight is 204 g/mol. The number of hydrogen-bond donors (Lipinski definition) is 0. The summed E-state index contributed by atoms with van der Waals surface area (Å²) in [5.41, 5.74) is 0.687. The summed E-state index contributed by atoms with van der Waals surface area (Å²) >= 11 is 0. The van der Waals surface area contributed by atoms with E-state index >= 15 is 0 Å². The molecular weight excluding hydrogens is 195 g/mol. The molecule has 0 aliphatic rings. The van der Waals surface area contributed by atoms with Crippen molar-refractivity contribution >= 4 is 11.8 Å². The van der Waals surface area contributed by atoms with E-state index < -0.39 is 11.8 Å². The van der Waals surface area contributed by atoms with Gasteiger partial charge in [0.15, 0.2) is 5.78 Å². The monoisotopic (exact) mass is 204 g/mol. The number of carboxylic acids is 1. The third kappa shape index (κ3) is 5.14. The quantitative estimate of drug-likeness (QED) is 0.369. The van der Waals surface area contributed by atoms with Gasteiger partial charge in [0.1, 0.15) is 5.97 Å². The van der Waals surface area contributed by atoms with Gasteiger partial charge in [-0.25, -0.2) is 0 Å². The first-order chi connectivity index (χ1) is 5.70. The summed E-state index contributed by atoms with van der Waals surface area (Å²) in [5, 5.41) is 10.0. The van der Waals surface area contributed by atoms with E-state index in [4.69, 9.17) is 0 Å². The molecule has 0 heterocycles. The van der Waals surface area contributed by atoms with Crippen LogP contribution in [0.4, 0.5) is 0 Å². The van der Waals surface area contributed by atoms with Crippen molar-refractivity contribution in [1.82, 2.24) is 0 Å². The van der Waals surface area contributed by atoms with Crippen LogP contribution in [0.15, 0.2) is 30.3 Å². The fourth-order valence-electron chi connectivity index (χ4n) is 0.853. The molecule has 0 saturated carbocycles. The molecule has 0 saturated heterocycles. The van der Waals surface area contributed by atoms with Crippen LogP contribution in [0, 0.1) is 0 Å². The van der Waals surface area contributed by atoms with Gasteiger partial charge in [-0.1, -0.05) is 30.3 Å². The second kappa shape index (κ2) is 7.70. The van der Waals surface area contributed by atoms with Crippen molar-refractivity contribution in [2.75, 3.05) is 0 Å².